The summed E-state index contributed by atoms with van der Waals surface area (Å²) in [5.41, 5.74) is 4.95. The van der Waals surface area contributed by atoms with E-state index in [-0.39, 0.29) is 17.6 Å². The van der Waals surface area contributed by atoms with E-state index in [0.29, 0.717) is 35.5 Å². The number of amides is 2. The minimum Gasteiger partial charge on any atom is -0.338 e. The number of aromatic amines is 1. The van der Waals surface area contributed by atoms with E-state index < -0.39 is 0 Å². The minimum absolute atomic E-state index is 0.00910. The molecule has 148 valence electrons. The number of imidazole rings is 1. The lowest BCUT2D eigenvalue weighted by Gasteiger charge is -2.17. The van der Waals surface area contributed by atoms with Crippen LogP contribution in [0.5, 0.6) is 0 Å². The third-order valence-electron chi connectivity index (χ3n) is 5.10. The highest BCUT2D eigenvalue weighted by Gasteiger charge is 2.17. The van der Waals surface area contributed by atoms with Crippen molar-refractivity contribution < 1.29 is 14.0 Å². The molecule has 6 nitrogen and oxygen atoms in total. The zero-order valence-electron chi connectivity index (χ0n) is 15.8. The Labute approximate surface area is 171 Å². The largest absolute Gasteiger partial charge is 0.338 e. The summed E-state index contributed by atoms with van der Waals surface area (Å²) in [6.07, 6.45) is 1.04. The SMILES string of the molecule is O=C1CCc2cc(C(=O)Nc3ccc4nc(-c5cccc(F)c5)[nH]c4c3)ccc2N1. The molecule has 30 heavy (non-hydrogen) atoms. The Hall–Kier alpha value is -4.00. The predicted molar refractivity (Wildman–Crippen MR) is 113 cm³/mol. The average molecular weight is 400 g/mol. The molecule has 5 rings (SSSR count). The summed E-state index contributed by atoms with van der Waals surface area (Å²) in [5, 5.41) is 5.70. The molecule has 4 aromatic rings. The normalized spacial score (nSPS) is 13.0. The van der Waals surface area contributed by atoms with Gasteiger partial charge in [0.05, 0.1) is 11.0 Å². The molecule has 0 fully saturated rings. The summed E-state index contributed by atoms with van der Waals surface area (Å²) in [4.78, 5) is 31.8. The third kappa shape index (κ3) is 3.41. The van der Waals surface area contributed by atoms with Crippen LogP contribution < -0.4 is 10.6 Å². The molecular weight excluding hydrogens is 383 g/mol. The Morgan fingerprint density at radius 1 is 1.03 bits per heavy atom. The van der Waals surface area contributed by atoms with E-state index in [9.17, 15) is 14.0 Å². The number of carbonyl (C=O) groups excluding carboxylic acids is 2. The summed E-state index contributed by atoms with van der Waals surface area (Å²) >= 11 is 0. The van der Waals surface area contributed by atoms with E-state index in [1.807, 2.05) is 0 Å². The molecule has 1 aromatic heterocycles. The molecule has 0 spiro atoms. The van der Waals surface area contributed by atoms with Crippen molar-refractivity contribution in [2.75, 3.05) is 10.6 Å². The lowest BCUT2D eigenvalue weighted by molar-refractivity contribution is -0.116. The first kappa shape index (κ1) is 18.1. The lowest BCUT2D eigenvalue weighted by Crippen LogP contribution is -2.20. The van der Waals surface area contributed by atoms with E-state index in [0.717, 1.165) is 22.3 Å². The number of hydrogen-bond acceptors (Lipinski definition) is 3. The Morgan fingerprint density at radius 2 is 1.93 bits per heavy atom. The molecule has 0 unspecified atom stereocenters. The zero-order valence-corrected chi connectivity index (χ0v) is 15.8. The summed E-state index contributed by atoms with van der Waals surface area (Å²) < 4.78 is 13.5. The highest BCUT2D eigenvalue weighted by Crippen LogP contribution is 2.26. The number of aromatic nitrogens is 2. The van der Waals surface area contributed by atoms with Gasteiger partial charge in [-0.05, 0) is 60.5 Å². The second kappa shape index (κ2) is 7.11. The van der Waals surface area contributed by atoms with Gasteiger partial charge in [-0.3, -0.25) is 9.59 Å². The van der Waals surface area contributed by atoms with Gasteiger partial charge in [-0.15, -0.1) is 0 Å². The van der Waals surface area contributed by atoms with Crippen LogP contribution in [0.25, 0.3) is 22.4 Å². The van der Waals surface area contributed by atoms with Crippen molar-refractivity contribution in [1.29, 1.82) is 0 Å². The number of aryl methyl sites for hydroxylation is 1. The number of halogens is 1. The monoisotopic (exact) mass is 400 g/mol. The van der Waals surface area contributed by atoms with Crippen molar-refractivity contribution in [2.24, 2.45) is 0 Å². The Balaban J connectivity index is 1.39. The molecule has 1 aliphatic heterocycles. The Bertz CT molecular complexity index is 1310. The number of nitrogens with one attached hydrogen (secondary N) is 3. The van der Waals surface area contributed by atoms with E-state index in [4.69, 9.17) is 0 Å². The molecule has 0 radical (unpaired) electrons. The molecule has 7 heteroatoms. The van der Waals surface area contributed by atoms with Gasteiger partial charge >= 0.3 is 0 Å². The second-order valence-electron chi connectivity index (χ2n) is 7.20. The van der Waals surface area contributed by atoms with E-state index in [2.05, 4.69) is 20.6 Å². The van der Waals surface area contributed by atoms with Crippen molar-refractivity contribution in [1.82, 2.24) is 9.97 Å². The smallest absolute Gasteiger partial charge is 0.255 e. The molecule has 3 N–H and O–H groups in total. The van der Waals surface area contributed by atoms with Crippen molar-refractivity contribution in [3.8, 4) is 11.4 Å². The van der Waals surface area contributed by atoms with Crippen LogP contribution in [0.2, 0.25) is 0 Å². The summed E-state index contributed by atoms with van der Waals surface area (Å²) in [7, 11) is 0. The quantitative estimate of drug-likeness (QED) is 0.473. The average Bonchev–Trinajstić information content (AvgIpc) is 3.17. The van der Waals surface area contributed by atoms with E-state index in [1.54, 1.807) is 48.5 Å². The summed E-state index contributed by atoms with van der Waals surface area (Å²) in [6, 6.07) is 16.8. The first-order valence-corrected chi connectivity index (χ1v) is 9.55. The van der Waals surface area contributed by atoms with E-state index >= 15 is 0 Å². The molecule has 3 aromatic carbocycles. The minimum atomic E-state index is -0.328. The van der Waals surface area contributed by atoms with Gasteiger partial charge in [-0.1, -0.05) is 12.1 Å². The van der Waals surface area contributed by atoms with Crippen LogP contribution in [0.4, 0.5) is 15.8 Å². The molecule has 0 saturated carbocycles. The molecule has 0 saturated heterocycles. The third-order valence-corrected chi connectivity index (χ3v) is 5.10. The van der Waals surface area contributed by atoms with Gasteiger partial charge in [0, 0.05) is 28.9 Å². The van der Waals surface area contributed by atoms with Gasteiger partial charge in [0.25, 0.3) is 5.91 Å². The van der Waals surface area contributed by atoms with Gasteiger partial charge in [-0.25, -0.2) is 9.37 Å². The molecule has 0 bridgehead atoms. The van der Waals surface area contributed by atoms with Crippen molar-refractivity contribution in [3.05, 3.63) is 77.6 Å². The number of fused-ring (bicyclic) bond motifs is 2. The van der Waals surface area contributed by atoms with Gasteiger partial charge in [0.1, 0.15) is 11.6 Å². The molecule has 2 heterocycles. The van der Waals surface area contributed by atoms with Crippen LogP contribution in [0.3, 0.4) is 0 Å². The number of carbonyl (C=O) groups is 2. The standard InChI is InChI=1S/C23H17FN4O2/c24-16-3-1-2-14(11-16)22-27-19-8-6-17(12-20(19)28-22)25-23(30)15-4-7-18-13(10-15)5-9-21(29)26-18/h1-4,6-8,10-12H,5,9H2,(H,25,30)(H,26,29)(H,27,28). The molecule has 1 aliphatic rings. The number of H-pyrrole nitrogens is 1. The first-order chi connectivity index (χ1) is 14.5. The Kier molecular flexibility index (Phi) is 4.28. The van der Waals surface area contributed by atoms with Gasteiger partial charge in [-0.2, -0.15) is 0 Å². The lowest BCUT2D eigenvalue weighted by atomic mass is 10.00. The number of rotatable bonds is 3. The second-order valence-corrected chi connectivity index (χ2v) is 7.20. The molecule has 0 aliphatic carbocycles. The number of benzene rings is 3. The predicted octanol–water partition coefficient (Wildman–Crippen LogP) is 4.51. The van der Waals surface area contributed by atoms with E-state index in [1.165, 1.54) is 12.1 Å². The van der Waals surface area contributed by atoms with Gasteiger partial charge in [0.15, 0.2) is 0 Å². The van der Waals surface area contributed by atoms with Gasteiger partial charge in [0.2, 0.25) is 5.91 Å². The van der Waals surface area contributed by atoms with Crippen LogP contribution in [0.1, 0.15) is 22.3 Å². The fourth-order valence-corrected chi connectivity index (χ4v) is 3.59. The van der Waals surface area contributed by atoms with Crippen LogP contribution in [-0.4, -0.2) is 21.8 Å². The highest BCUT2D eigenvalue weighted by atomic mass is 19.1. The van der Waals surface area contributed by atoms with Crippen molar-refractivity contribution in [2.45, 2.75) is 12.8 Å². The Morgan fingerprint density at radius 3 is 2.80 bits per heavy atom. The maximum Gasteiger partial charge on any atom is 0.255 e. The van der Waals surface area contributed by atoms with Crippen LogP contribution in [-0.2, 0) is 11.2 Å². The van der Waals surface area contributed by atoms with Crippen molar-refractivity contribution >= 4 is 34.2 Å². The topological polar surface area (TPSA) is 86.9 Å². The fourth-order valence-electron chi connectivity index (χ4n) is 3.59. The summed E-state index contributed by atoms with van der Waals surface area (Å²) in [5.74, 6) is -0.0145. The number of hydrogen-bond donors (Lipinski definition) is 3. The molecule has 0 atom stereocenters. The molecule has 2 amide bonds. The van der Waals surface area contributed by atoms with Crippen LogP contribution >= 0.6 is 0 Å². The number of anilines is 2. The number of nitrogens with zero attached hydrogens (tertiary/aromatic N) is 1. The first-order valence-electron chi connectivity index (χ1n) is 9.55. The van der Waals surface area contributed by atoms with Crippen LogP contribution in [0.15, 0.2) is 60.7 Å². The maximum absolute atomic E-state index is 13.5. The summed E-state index contributed by atoms with van der Waals surface area (Å²) in [6.45, 7) is 0. The molecular formula is C23H17FN4O2. The fraction of sp³-hybridized carbons (Fsp3) is 0.0870. The maximum atomic E-state index is 13.5. The van der Waals surface area contributed by atoms with Crippen LogP contribution in [0, 0.1) is 5.82 Å². The highest BCUT2D eigenvalue weighted by molar-refractivity contribution is 6.06. The van der Waals surface area contributed by atoms with Gasteiger partial charge < -0.3 is 15.6 Å². The van der Waals surface area contributed by atoms with Crippen molar-refractivity contribution in [3.63, 3.8) is 0 Å². The zero-order chi connectivity index (χ0) is 20.7.